The molecule has 1 aliphatic rings. The smallest absolute Gasteiger partial charge is 0.222 e. The first-order valence-electron chi connectivity index (χ1n) is 8.93. The summed E-state index contributed by atoms with van der Waals surface area (Å²) in [6, 6.07) is 7.91. The van der Waals surface area contributed by atoms with Crippen molar-refractivity contribution >= 4 is 28.6 Å². The monoisotopic (exact) mass is 376 g/mol. The lowest BCUT2D eigenvalue weighted by molar-refractivity contribution is 0.874. The molecule has 2 N–H and O–H groups in total. The van der Waals surface area contributed by atoms with Crippen molar-refractivity contribution < 1.29 is 0 Å². The van der Waals surface area contributed by atoms with Crippen molar-refractivity contribution in [3.63, 3.8) is 0 Å². The fourth-order valence-corrected chi connectivity index (χ4v) is 3.83. The summed E-state index contributed by atoms with van der Waals surface area (Å²) in [6.07, 6.45) is 8.34. The number of H-pyrrole nitrogens is 1. The van der Waals surface area contributed by atoms with Crippen LogP contribution in [0.15, 0.2) is 42.9 Å². The van der Waals surface area contributed by atoms with Crippen molar-refractivity contribution in [2.75, 3.05) is 11.9 Å². The summed E-state index contributed by atoms with van der Waals surface area (Å²) >= 11 is 6.04. The second-order valence-corrected chi connectivity index (χ2v) is 7.09. The van der Waals surface area contributed by atoms with E-state index >= 15 is 0 Å². The molecule has 5 rings (SSSR count). The van der Waals surface area contributed by atoms with Crippen LogP contribution < -0.4 is 5.32 Å². The maximum Gasteiger partial charge on any atom is 0.222 e. The summed E-state index contributed by atoms with van der Waals surface area (Å²) in [6.45, 7) is 0.756. The Morgan fingerprint density at radius 2 is 2.07 bits per heavy atom. The third-order valence-electron chi connectivity index (χ3n) is 4.91. The number of aryl methyl sites for hydroxylation is 2. The molecule has 1 aromatic carbocycles. The van der Waals surface area contributed by atoms with Gasteiger partial charge in [0.05, 0.1) is 11.9 Å². The van der Waals surface area contributed by atoms with Crippen LogP contribution in [0.3, 0.4) is 0 Å². The van der Waals surface area contributed by atoms with Gasteiger partial charge in [0, 0.05) is 40.5 Å². The van der Waals surface area contributed by atoms with E-state index in [0.717, 1.165) is 58.7 Å². The normalized spacial score (nSPS) is 12.6. The molecule has 27 heavy (non-hydrogen) atoms. The van der Waals surface area contributed by atoms with Crippen LogP contribution in [0.1, 0.15) is 16.8 Å². The first-order valence-corrected chi connectivity index (χ1v) is 9.31. The third kappa shape index (κ3) is 3.02. The fraction of sp³-hybridized carbons (Fsp3) is 0.200. The van der Waals surface area contributed by atoms with Crippen LogP contribution >= 0.6 is 11.6 Å². The van der Waals surface area contributed by atoms with Gasteiger partial charge in [-0.2, -0.15) is 5.10 Å². The molecule has 4 aromatic rings. The molecule has 6 nitrogen and oxygen atoms in total. The van der Waals surface area contributed by atoms with Crippen LogP contribution in [0, 0.1) is 0 Å². The average Bonchev–Trinajstić information content (AvgIpc) is 3.16. The van der Waals surface area contributed by atoms with Gasteiger partial charge in [-0.1, -0.05) is 23.7 Å². The Bertz CT molecular complexity index is 1140. The number of anilines is 1. The maximum absolute atomic E-state index is 6.04. The SMILES string of the molecule is Clc1cccc(CCNc2ncc3c(n2)CCc2cnc4[nH]ncc4c2-3)c1. The molecule has 0 saturated carbocycles. The summed E-state index contributed by atoms with van der Waals surface area (Å²) < 4.78 is 0. The highest BCUT2D eigenvalue weighted by atomic mass is 35.5. The molecule has 1 aliphatic carbocycles. The van der Waals surface area contributed by atoms with E-state index < -0.39 is 0 Å². The Morgan fingerprint density at radius 1 is 1.11 bits per heavy atom. The Morgan fingerprint density at radius 3 is 3.00 bits per heavy atom. The Balaban J connectivity index is 1.39. The lowest BCUT2D eigenvalue weighted by Crippen LogP contribution is -2.12. The minimum Gasteiger partial charge on any atom is -0.354 e. The maximum atomic E-state index is 6.04. The van der Waals surface area contributed by atoms with E-state index in [1.54, 1.807) is 0 Å². The summed E-state index contributed by atoms with van der Waals surface area (Å²) in [5, 5.41) is 12.2. The molecule has 0 amide bonds. The minimum atomic E-state index is 0.664. The number of hydrogen-bond acceptors (Lipinski definition) is 5. The van der Waals surface area contributed by atoms with Gasteiger partial charge in [-0.25, -0.2) is 15.0 Å². The Hall–Kier alpha value is -2.99. The number of benzene rings is 1. The predicted octanol–water partition coefficient (Wildman–Crippen LogP) is 3.82. The number of nitrogens with one attached hydrogen (secondary N) is 2. The van der Waals surface area contributed by atoms with Gasteiger partial charge < -0.3 is 5.32 Å². The highest BCUT2D eigenvalue weighted by molar-refractivity contribution is 6.30. The quantitative estimate of drug-likeness (QED) is 0.566. The third-order valence-corrected chi connectivity index (χ3v) is 5.15. The molecule has 7 heteroatoms. The molecule has 134 valence electrons. The van der Waals surface area contributed by atoms with Crippen molar-refractivity contribution in [2.24, 2.45) is 0 Å². The zero-order valence-electron chi connectivity index (χ0n) is 14.5. The number of aromatic nitrogens is 5. The topological polar surface area (TPSA) is 79.4 Å². The molecular weight excluding hydrogens is 360 g/mol. The zero-order chi connectivity index (χ0) is 18.2. The van der Waals surface area contributed by atoms with E-state index in [2.05, 4.69) is 31.5 Å². The van der Waals surface area contributed by atoms with Crippen molar-refractivity contribution in [1.29, 1.82) is 0 Å². The number of hydrogen-bond donors (Lipinski definition) is 2. The first kappa shape index (κ1) is 16.2. The summed E-state index contributed by atoms with van der Waals surface area (Å²) in [4.78, 5) is 13.7. The Kier molecular flexibility index (Phi) is 3.98. The number of halogens is 1. The van der Waals surface area contributed by atoms with Gasteiger partial charge >= 0.3 is 0 Å². The van der Waals surface area contributed by atoms with Crippen molar-refractivity contribution in [1.82, 2.24) is 25.1 Å². The van der Waals surface area contributed by atoms with Crippen LogP contribution in [0.4, 0.5) is 5.95 Å². The molecule has 0 bridgehead atoms. The van der Waals surface area contributed by atoms with Crippen LogP contribution in [0.5, 0.6) is 0 Å². The van der Waals surface area contributed by atoms with Gasteiger partial charge in [0.25, 0.3) is 0 Å². The van der Waals surface area contributed by atoms with Crippen LogP contribution in [0.2, 0.25) is 5.02 Å². The second kappa shape index (κ2) is 6.63. The highest BCUT2D eigenvalue weighted by Gasteiger charge is 2.21. The standard InChI is InChI=1S/C20H17ClN6/c21-14-3-1-2-12(8-14)6-7-22-20-24-10-15-17(26-20)5-4-13-9-23-19-16(18(13)15)11-25-27-19/h1-3,8-11H,4-7H2,(H,22,24,26)(H,23,25,27). The minimum absolute atomic E-state index is 0.664. The van der Waals surface area contributed by atoms with Gasteiger partial charge in [-0.3, -0.25) is 5.10 Å². The van der Waals surface area contributed by atoms with E-state index in [1.165, 1.54) is 11.1 Å². The fourth-order valence-electron chi connectivity index (χ4n) is 3.61. The highest BCUT2D eigenvalue weighted by Crippen LogP contribution is 2.36. The second-order valence-electron chi connectivity index (χ2n) is 6.65. The lowest BCUT2D eigenvalue weighted by Gasteiger charge is -2.19. The molecule has 0 fully saturated rings. The van der Waals surface area contributed by atoms with Crippen molar-refractivity contribution in [3.05, 3.63) is 64.7 Å². The molecular formula is C20H17ClN6. The van der Waals surface area contributed by atoms with Gasteiger partial charge in [0.1, 0.15) is 0 Å². The van der Waals surface area contributed by atoms with Gasteiger partial charge in [0.2, 0.25) is 5.95 Å². The molecule has 0 spiro atoms. The van der Waals surface area contributed by atoms with Gasteiger partial charge in [0.15, 0.2) is 5.65 Å². The summed E-state index contributed by atoms with van der Waals surface area (Å²) in [5.74, 6) is 0.664. The van der Waals surface area contributed by atoms with Crippen LogP contribution in [0.25, 0.3) is 22.2 Å². The molecule has 0 aliphatic heterocycles. The van der Waals surface area contributed by atoms with E-state index in [-0.39, 0.29) is 0 Å². The molecule has 3 heterocycles. The van der Waals surface area contributed by atoms with E-state index in [9.17, 15) is 0 Å². The zero-order valence-corrected chi connectivity index (χ0v) is 15.3. The molecule has 0 radical (unpaired) electrons. The van der Waals surface area contributed by atoms with E-state index in [1.807, 2.05) is 36.8 Å². The van der Waals surface area contributed by atoms with Crippen molar-refractivity contribution in [2.45, 2.75) is 19.3 Å². The predicted molar refractivity (Wildman–Crippen MR) is 106 cm³/mol. The molecule has 0 atom stereocenters. The first-order chi connectivity index (χ1) is 13.3. The molecule has 0 unspecified atom stereocenters. The van der Waals surface area contributed by atoms with E-state index in [4.69, 9.17) is 16.6 Å². The van der Waals surface area contributed by atoms with E-state index in [0.29, 0.717) is 5.95 Å². The Labute approximate surface area is 161 Å². The average molecular weight is 377 g/mol. The molecule has 3 aromatic heterocycles. The number of pyridine rings is 1. The largest absolute Gasteiger partial charge is 0.354 e. The van der Waals surface area contributed by atoms with Crippen LogP contribution in [-0.4, -0.2) is 31.7 Å². The summed E-state index contributed by atoms with van der Waals surface area (Å²) in [7, 11) is 0. The lowest BCUT2D eigenvalue weighted by atomic mass is 9.89. The van der Waals surface area contributed by atoms with Crippen molar-refractivity contribution in [3.8, 4) is 11.1 Å². The molecule has 0 saturated heterocycles. The van der Waals surface area contributed by atoms with Crippen LogP contribution in [-0.2, 0) is 19.3 Å². The van der Waals surface area contributed by atoms with Gasteiger partial charge in [-0.15, -0.1) is 0 Å². The summed E-state index contributed by atoms with van der Waals surface area (Å²) in [5.41, 5.74) is 6.51. The van der Waals surface area contributed by atoms with Gasteiger partial charge in [-0.05, 0) is 42.5 Å². The number of rotatable bonds is 4. The number of nitrogens with zero attached hydrogens (tertiary/aromatic N) is 4. The number of aromatic amines is 1. The number of fused-ring (bicyclic) bond motifs is 5.